The zero-order valence-electron chi connectivity index (χ0n) is 15.8. The van der Waals surface area contributed by atoms with E-state index in [0.29, 0.717) is 11.1 Å². The van der Waals surface area contributed by atoms with E-state index in [1.54, 1.807) is 13.0 Å². The third kappa shape index (κ3) is 2.98. The SMILES string of the molecule is CCOc1ccc2c(c1F)-c1c-2cc(CCc2ccc(C)c(F)c2F)c(F)c1F. The van der Waals surface area contributed by atoms with Crippen LogP contribution in [0.3, 0.4) is 0 Å². The first-order valence-corrected chi connectivity index (χ1v) is 9.25. The lowest BCUT2D eigenvalue weighted by Crippen LogP contribution is -2.11. The highest BCUT2D eigenvalue weighted by Gasteiger charge is 2.34. The van der Waals surface area contributed by atoms with Crippen LogP contribution in [0, 0.1) is 36.0 Å². The van der Waals surface area contributed by atoms with Gasteiger partial charge in [0.05, 0.1) is 6.61 Å². The lowest BCUT2D eigenvalue weighted by atomic mass is 9.78. The third-order valence-corrected chi connectivity index (χ3v) is 5.25. The van der Waals surface area contributed by atoms with Gasteiger partial charge in [-0.25, -0.2) is 22.0 Å². The molecule has 0 radical (unpaired) electrons. The minimum atomic E-state index is -1.15. The molecule has 0 spiro atoms. The molecule has 1 nitrogen and oxygen atoms in total. The Morgan fingerprint density at radius 1 is 0.690 bits per heavy atom. The second kappa shape index (κ2) is 7.17. The number of rotatable bonds is 5. The van der Waals surface area contributed by atoms with Gasteiger partial charge in [-0.2, -0.15) is 0 Å². The summed E-state index contributed by atoms with van der Waals surface area (Å²) < 4.78 is 76.8. The minimum Gasteiger partial charge on any atom is -0.491 e. The Morgan fingerprint density at radius 2 is 1.34 bits per heavy atom. The molecule has 1 aliphatic rings. The Balaban J connectivity index is 1.67. The van der Waals surface area contributed by atoms with E-state index in [4.69, 9.17) is 4.74 Å². The van der Waals surface area contributed by atoms with Gasteiger partial charge in [-0.1, -0.05) is 12.1 Å². The van der Waals surface area contributed by atoms with E-state index < -0.39 is 29.1 Å². The highest BCUT2D eigenvalue weighted by atomic mass is 19.2. The maximum atomic E-state index is 14.7. The van der Waals surface area contributed by atoms with Crippen LogP contribution in [0.5, 0.6) is 5.75 Å². The van der Waals surface area contributed by atoms with Crippen LogP contribution in [0.4, 0.5) is 22.0 Å². The van der Waals surface area contributed by atoms with Crippen molar-refractivity contribution in [3.63, 3.8) is 0 Å². The van der Waals surface area contributed by atoms with Crippen molar-refractivity contribution in [2.75, 3.05) is 6.61 Å². The van der Waals surface area contributed by atoms with Gasteiger partial charge in [-0.3, -0.25) is 0 Å². The van der Waals surface area contributed by atoms with Crippen LogP contribution in [-0.4, -0.2) is 6.61 Å². The number of ether oxygens (including phenoxy) is 1. The van der Waals surface area contributed by atoms with E-state index in [9.17, 15) is 22.0 Å². The Morgan fingerprint density at radius 3 is 2.07 bits per heavy atom. The molecule has 0 aliphatic heterocycles. The summed E-state index contributed by atoms with van der Waals surface area (Å²) in [5.74, 6) is -4.92. The molecule has 150 valence electrons. The molecule has 0 saturated heterocycles. The van der Waals surface area contributed by atoms with E-state index in [1.807, 2.05) is 0 Å². The molecule has 0 bridgehead atoms. The first-order chi connectivity index (χ1) is 13.8. The monoisotopic (exact) mass is 404 g/mol. The molecule has 0 amide bonds. The van der Waals surface area contributed by atoms with Gasteiger partial charge in [-0.15, -0.1) is 0 Å². The highest BCUT2D eigenvalue weighted by Crippen LogP contribution is 2.52. The van der Waals surface area contributed by atoms with Crippen molar-refractivity contribution in [3.8, 4) is 28.0 Å². The summed E-state index contributed by atoms with van der Waals surface area (Å²) in [5, 5.41) is 0. The zero-order valence-corrected chi connectivity index (χ0v) is 15.8. The second-order valence-electron chi connectivity index (χ2n) is 6.99. The van der Waals surface area contributed by atoms with Crippen LogP contribution in [0.1, 0.15) is 23.6 Å². The average molecular weight is 404 g/mol. The molecule has 4 rings (SSSR count). The van der Waals surface area contributed by atoms with Crippen molar-refractivity contribution in [3.05, 3.63) is 76.1 Å². The van der Waals surface area contributed by atoms with E-state index in [2.05, 4.69) is 0 Å². The van der Waals surface area contributed by atoms with Gasteiger partial charge in [0, 0.05) is 11.1 Å². The molecule has 6 heteroatoms. The van der Waals surface area contributed by atoms with Crippen molar-refractivity contribution >= 4 is 0 Å². The lowest BCUT2D eigenvalue weighted by Gasteiger charge is -2.27. The molecular formula is C23H17F5O. The van der Waals surface area contributed by atoms with Gasteiger partial charge in [-0.05, 0) is 72.7 Å². The predicted molar refractivity (Wildman–Crippen MR) is 100 cm³/mol. The van der Waals surface area contributed by atoms with Gasteiger partial charge in [0.15, 0.2) is 34.8 Å². The predicted octanol–water partition coefficient (Wildman–Crippen LogP) is 6.52. The van der Waals surface area contributed by atoms with Crippen molar-refractivity contribution < 1.29 is 26.7 Å². The molecule has 0 saturated carbocycles. The number of hydrogen-bond donors (Lipinski definition) is 0. The van der Waals surface area contributed by atoms with Gasteiger partial charge < -0.3 is 4.74 Å². The van der Waals surface area contributed by atoms with Crippen molar-refractivity contribution in [2.45, 2.75) is 26.7 Å². The number of hydrogen-bond acceptors (Lipinski definition) is 1. The third-order valence-electron chi connectivity index (χ3n) is 5.25. The maximum absolute atomic E-state index is 14.7. The topological polar surface area (TPSA) is 9.23 Å². The number of aryl methyl sites for hydroxylation is 3. The van der Waals surface area contributed by atoms with Gasteiger partial charge in [0.1, 0.15) is 0 Å². The van der Waals surface area contributed by atoms with Crippen LogP contribution >= 0.6 is 0 Å². The van der Waals surface area contributed by atoms with Crippen molar-refractivity contribution in [1.29, 1.82) is 0 Å². The van der Waals surface area contributed by atoms with Crippen LogP contribution in [0.25, 0.3) is 22.3 Å². The van der Waals surface area contributed by atoms with E-state index in [0.717, 1.165) is 0 Å². The Hall–Kier alpha value is -2.89. The summed E-state index contributed by atoms with van der Waals surface area (Å²) in [6, 6.07) is 7.37. The van der Waals surface area contributed by atoms with Crippen LogP contribution in [0.15, 0.2) is 30.3 Å². The molecule has 3 aromatic rings. The first-order valence-electron chi connectivity index (χ1n) is 9.25. The summed E-state index contributed by atoms with van der Waals surface area (Å²) in [5.41, 5.74) is 1.04. The summed E-state index contributed by atoms with van der Waals surface area (Å²) in [6.07, 6.45) is -0.0209. The Kier molecular flexibility index (Phi) is 4.81. The highest BCUT2D eigenvalue weighted by molar-refractivity contribution is 6.03. The molecule has 0 atom stereocenters. The van der Waals surface area contributed by atoms with Crippen LogP contribution in [-0.2, 0) is 12.8 Å². The number of benzene rings is 3. The molecular weight excluding hydrogens is 387 g/mol. The molecule has 29 heavy (non-hydrogen) atoms. The van der Waals surface area contributed by atoms with Crippen molar-refractivity contribution in [1.82, 2.24) is 0 Å². The summed E-state index contributed by atoms with van der Waals surface area (Å²) >= 11 is 0. The number of fused-ring (bicyclic) bond motifs is 4. The van der Waals surface area contributed by atoms with Crippen molar-refractivity contribution in [2.24, 2.45) is 0 Å². The Bertz CT molecular complexity index is 1140. The quantitative estimate of drug-likeness (QED) is 0.344. The maximum Gasteiger partial charge on any atom is 0.173 e. The summed E-state index contributed by atoms with van der Waals surface area (Å²) in [4.78, 5) is 0. The molecule has 1 aliphatic carbocycles. The van der Waals surface area contributed by atoms with E-state index in [1.165, 1.54) is 31.2 Å². The normalized spacial score (nSPS) is 11.7. The van der Waals surface area contributed by atoms with E-state index in [-0.39, 0.29) is 53.0 Å². The fourth-order valence-electron chi connectivity index (χ4n) is 3.70. The molecule has 0 N–H and O–H groups in total. The summed E-state index contributed by atoms with van der Waals surface area (Å²) in [6.45, 7) is 3.39. The standard InChI is InChI=1S/C23H17F5O/c1-3-29-16-9-8-14-15-10-13(21(26)23(28)18(15)17(14)22(16)27)7-6-12-5-4-11(2)19(24)20(12)25/h4-5,8-10H,3,6-7H2,1-2H3. The summed E-state index contributed by atoms with van der Waals surface area (Å²) in [7, 11) is 0. The van der Waals surface area contributed by atoms with Crippen LogP contribution < -0.4 is 4.74 Å². The van der Waals surface area contributed by atoms with Crippen LogP contribution in [0.2, 0.25) is 0 Å². The minimum absolute atomic E-state index is 0.000509. The van der Waals surface area contributed by atoms with Gasteiger partial charge in [0.2, 0.25) is 0 Å². The number of halogens is 5. The smallest absolute Gasteiger partial charge is 0.173 e. The molecule has 0 fully saturated rings. The molecule has 3 aromatic carbocycles. The lowest BCUT2D eigenvalue weighted by molar-refractivity contribution is 0.322. The molecule has 0 aromatic heterocycles. The van der Waals surface area contributed by atoms with E-state index >= 15 is 0 Å². The van der Waals surface area contributed by atoms with Gasteiger partial charge in [0.25, 0.3) is 0 Å². The Labute approximate surface area is 164 Å². The zero-order chi connectivity index (χ0) is 20.9. The first kappa shape index (κ1) is 19.4. The molecule has 0 unspecified atom stereocenters. The average Bonchev–Trinajstić information content (AvgIpc) is 2.69. The largest absolute Gasteiger partial charge is 0.491 e. The molecule has 0 heterocycles. The fraction of sp³-hybridized carbons (Fsp3) is 0.217. The second-order valence-corrected chi connectivity index (χ2v) is 6.99. The van der Waals surface area contributed by atoms with Gasteiger partial charge >= 0.3 is 0 Å². The fourth-order valence-corrected chi connectivity index (χ4v) is 3.70.